The van der Waals surface area contributed by atoms with Gasteiger partial charge >= 0.3 is 0 Å². The molecule has 0 rings (SSSR count). The molecule has 0 saturated heterocycles. The van der Waals surface area contributed by atoms with Crippen LogP contribution in [-0.2, 0) is 0 Å². The molecule has 0 bridgehead atoms. The van der Waals surface area contributed by atoms with E-state index in [2.05, 4.69) is 31.2 Å². The Morgan fingerprint density at radius 3 is 1.21 bits per heavy atom. The lowest BCUT2D eigenvalue weighted by molar-refractivity contribution is 0.545. The molecule has 0 N–H and O–H groups in total. The highest BCUT2D eigenvalue weighted by molar-refractivity contribution is 5.20. The van der Waals surface area contributed by atoms with Crippen molar-refractivity contribution < 1.29 is 0 Å². The molecule has 0 aliphatic carbocycles. The lowest BCUT2D eigenvalue weighted by Crippen LogP contribution is -1.82. The van der Waals surface area contributed by atoms with Crippen LogP contribution in [0.5, 0.6) is 0 Å². The van der Waals surface area contributed by atoms with Crippen molar-refractivity contribution in [3.63, 3.8) is 0 Å². The largest absolute Gasteiger partial charge is 0.0845 e. The summed E-state index contributed by atoms with van der Waals surface area (Å²) in [7, 11) is 0. The topological polar surface area (TPSA) is 0 Å². The number of hydrogen-bond donors (Lipinski definition) is 0. The van der Waals surface area contributed by atoms with Gasteiger partial charge in [-0.1, -0.05) is 163 Å². The van der Waals surface area contributed by atoms with Gasteiger partial charge < -0.3 is 0 Å². The van der Waals surface area contributed by atoms with Gasteiger partial charge in [-0.15, -0.1) is 0 Å². The van der Waals surface area contributed by atoms with Crippen molar-refractivity contribution in [3.8, 4) is 0 Å². The minimum Gasteiger partial charge on any atom is -0.0845 e. The molecule has 0 spiro atoms. The van der Waals surface area contributed by atoms with Crippen molar-refractivity contribution in [3.05, 3.63) is 85.6 Å². The van der Waals surface area contributed by atoms with Crippen LogP contribution in [0.4, 0.5) is 0 Å². The molecular formula is C28H43. The maximum absolute atomic E-state index is 5.24. The van der Waals surface area contributed by atoms with E-state index in [0.29, 0.717) is 0 Å². The Labute approximate surface area is 176 Å². The summed E-state index contributed by atoms with van der Waals surface area (Å²) < 4.78 is 0. The highest BCUT2D eigenvalue weighted by Crippen LogP contribution is 2.12. The molecule has 0 saturated carbocycles. The fourth-order valence-corrected chi connectivity index (χ4v) is 2.92. The van der Waals surface area contributed by atoms with Crippen LogP contribution >= 0.6 is 0 Å². The van der Waals surface area contributed by atoms with E-state index in [-0.39, 0.29) is 0 Å². The summed E-state index contributed by atoms with van der Waals surface area (Å²) in [5.74, 6) is 0. The molecule has 0 unspecified atom stereocenters. The summed E-state index contributed by atoms with van der Waals surface area (Å²) in [6.07, 6.45) is 44.0. The van der Waals surface area contributed by atoms with E-state index >= 15 is 0 Å². The second-order valence-electron chi connectivity index (χ2n) is 7.22. The van der Waals surface area contributed by atoms with Crippen LogP contribution in [0.15, 0.2) is 79.0 Å². The van der Waals surface area contributed by atoms with E-state index in [1.165, 1.54) is 89.5 Å². The third kappa shape index (κ3) is 24.2. The molecule has 0 nitrogen and oxygen atoms in total. The minimum absolute atomic E-state index is 1.20. The SMILES string of the molecule is [CH]=CC=CC=CC=CC=CC=CC=CCCCCCCCCCCCCCC. The third-order valence-electron chi connectivity index (χ3n) is 4.58. The first-order chi connectivity index (χ1) is 13.9. The van der Waals surface area contributed by atoms with Gasteiger partial charge in [0.15, 0.2) is 0 Å². The molecule has 0 aromatic heterocycles. The van der Waals surface area contributed by atoms with Gasteiger partial charge in [-0.25, -0.2) is 0 Å². The van der Waals surface area contributed by atoms with Crippen LogP contribution in [0, 0.1) is 6.58 Å². The average molecular weight is 380 g/mol. The molecule has 0 aromatic carbocycles. The van der Waals surface area contributed by atoms with Crippen molar-refractivity contribution >= 4 is 0 Å². The van der Waals surface area contributed by atoms with Gasteiger partial charge in [0.2, 0.25) is 0 Å². The van der Waals surface area contributed by atoms with Crippen molar-refractivity contribution in [2.45, 2.75) is 90.4 Å². The third-order valence-corrected chi connectivity index (χ3v) is 4.58. The number of unbranched alkanes of at least 4 members (excludes halogenated alkanes) is 12. The Hall–Kier alpha value is -1.82. The van der Waals surface area contributed by atoms with E-state index in [4.69, 9.17) is 6.58 Å². The number of rotatable bonds is 19. The first-order valence-corrected chi connectivity index (χ1v) is 11.4. The lowest BCUT2D eigenvalue weighted by atomic mass is 10.0. The quantitative estimate of drug-likeness (QED) is 0.155. The van der Waals surface area contributed by atoms with Crippen LogP contribution in [0.1, 0.15) is 90.4 Å². The molecule has 0 heterocycles. The standard InChI is InChI=1S/C28H43/c1-3-5-7-9-11-13-15-17-19-21-23-25-27-28-26-24-22-20-18-16-14-12-10-8-6-4-2/h1,3,5,7,9,11,13,15,17,19,21,23,25,27H,4,6,8,10,12,14,16,18,20,22,24,26,28H2,2H3. The summed E-state index contributed by atoms with van der Waals surface area (Å²) in [6.45, 7) is 7.52. The van der Waals surface area contributed by atoms with Crippen LogP contribution in [0.3, 0.4) is 0 Å². The predicted molar refractivity (Wildman–Crippen MR) is 129 cm³/mol. The lowest BCUT2D eigenvalue weighted by Gasteiger charge is -2.02. The molecule has 0 aliphatic heterocycles. The van der Waals surface area contributed by atoms with E-state index < -0.39 is 0 Å². The van der Waals surface area contributed by atoms with Gasteiger partial charge in [-0.2, -0.15) is 0 Å². The first-order valence-electron chi connectivity index (χ1n) is 11.4. The molecule has 155 valence electrons. The normalized spacial score (nSPS) is 12.9. The summed E-state index contributed by atoms with van der Waals surface area (Å²) in [6, 6.07) is 0. The number of allylic oxidation sites excluding steroid dienone is 13. The van der Waals surface area contributed by atoms with Crippen molar-refractivity contribution in [2.75, 3.05) is 0 Å². The first kappa shape index (κ1) is 26.2. The van der Waals surface area contributed by atoms with Crippen LogP contribution in [0.25, 0.3) is 0 Å². The Bertz CT molecular complexity index is 482. The number of hydrogen-bond acceptors (Lipinski definition) is 0. The van der Waals surface area contributed by atoms with Gasteiger partial charge in [-0.3, -0.25) is 0 Å². The molecule has 0 heteroatoms. The molecule has 0 aliphatic rings. The maximum atomic E-state index is 5.24. The Morgan fingerprint density at radius 2 is 0.786 bits per heavy atom. The zero-order valence-electron chi connectivity index (χ0n) is 18.3. The van der Waals surface area contributed by atoms with E-state index in [1.807, 2.05) is 42.5 Å². The smallest absolute Gasteiger partial charge is 0.0348 e. The van der Waals surface area contributed by atoms with Crippen molar-refractivity contribution in [1.82, 2.24) is 0 Å². The maximum Gasteiger partial charge on any atom is -0.0348 e. The predicted octanol–water partition coefficient (Wildman–Crippen LogP) is 9.40. The highest BCUT2D eigenvalue weighted by Gasteiger charge is 1.92. The average Bonchev–Trinajstić information content (AvgIpc) is 2.71. The van der Waals surface area contributed by atoms with Gasteiger partial charge in [-0.05, 0) is 12.8 Å². The monoisotopic (exact) mass is 379 g/mol. The van der Waals surface area contributed by atoms with E-state index in [9.17, 15) is 0 Å². The molecule has 0 aromatic rings. The summed E-state index contributed by atoms with van der Waals surface area (Å²) in [5.41, 5.74) is 0. The Balaban J connectivity index is 3.39. The summed E-state index contributed by atoms with van der Waals surface area (Å²) in [5, 5.41) is 0. The van der Waals surface area contributed by atoms with E-state index in [1.54, 1.807) is 6.08 Å². The summed E-state index contributed by atoms with van der Waals surface area (Å²) in [4.78, 5) is 0. The summed E-state index contributed by atoms with van der Waals surface area (Å²) >= 11 is 0. The highest BCUT2D eigenvalue weighted by atomic mass is 14.0. The van der Waals surface area contributed by atoms with E-state index in [0.717, 1.165) is 0 Å². The molecular weight excluding hydrogens is 336 g/mol. The van der Waals surface area contributed by atoms with Gasteiger partial charge in [0, 0.05) is 0 Å². The molecule has 1 radical (unpaired) electrons. The minimum atomic E-state index is 1.20. The fourth-order valence-electron chi connectivity index (χ4n) is 2.92. The zero-order valence-corrected chi connectivity index (χ0v) is 18.3. The van der Waals surface area contributed by atoms with Gasteiger partial charge in [0.1, 0.15) is 0 Å². The Morgan fingerprint density at radius 1 is 0.429 bits per heavy atom. The van der Waals surface area contributed by atoms with Gasteiger partial charge in [0.05, 0.1) is 0 Å². The second-order valence-corrected chi connectivity index (χ2v) is 7.22. The van der Waals surface area contributed by atoms with Crippen LogP contribution < -0.4 is 0 Å². The molecule has 0 atom stereocenters. The second kappa shape index (κ2) is 25.2. The van der Waals surface area contributed by atoms with Crippen LogP contribution in [-0.4, -0.2) is 0 Å². The molecule has 28 heavy (non-hydrogen) atoms. The van der Waals surface area contributed by atoms with Crippen molar-refractivity contribution in [1.29, 1.82) is 0 Å². The van der Waals surface area contributed by atoms with Crippen LogP contribution in [0.2, 0.25) is 0 Å². The van der Waals surface area contributed by atoms with Gasteiger partial charge in [0.25, 0.3) is 0 Å². The molecule has 0 fully saturated rings. The molecule has 0 amide bonds. The Kier molecular flexibility index (Phi) is 23.5. The zero-order chi connectivity index (χ0) is 20.4. The fraction of sp³-hybridized carbons (Fsp3) is 0.500. The van der Waals surface area contributed by atoms with Crippen molar-refractivity contribution in [2.24, 2.45) is 0 Å².